The Balaban J connectivity index is 2.30. The van der Waals surface area contributed by atoms with Crippen LogP contribution in [-0.2, 0) is 23.2 Å². The van der Waals surface area contributed by atoms with Crippen molar-refractivity contribution in [2.24, 2.45) is 7.05 Å². The number of ether oxygens (including phenoxy) is 1. The monoisotopic (exact) mass is 293 g/mol. The first-order chi connectivity index (χ1) is 10.0. The molecule has 0 aliphatic rings. The van der Waals surface area contributed by atoms with Crippen LogP contribution in [0.3, 0.4) is 0 Å². The summed E-state index contributed by atoms with van der Waals surface area (Å²) in [5, 5.41) is 7.47. The Hall–Kier alpha value is -2.68. The summed E-state index contributed by atoms with van der Waals surface area (Å²) in [7, 11) is 2.74. The molecule has 112 valence electrons. The fourth-order valence-corrected chi connectivity index (χ4v) is 1.75. The molecule has 21 heavy (non-hydrogen) atoms. The molecule has 1 heterocycles. The fraction of sp³-hybridized carbons (Fsp3) is 0.333. The number of hydrogen-bond acceptors (Lipinski definition) is 6. The molecule has 2 rings (SSSR count). The average Bonchev–Trinajstić information content (AvgIpc) is 2.80. The molecule has 1 N–H and O–H groups in total. The number of amides is 1. The Bertz CT molecular complexity index is 706. The van der Waals surface area contributed by atoms with E-state index in [1.54, 1.807) is 12.1 Å². The highest BCUT2D eigenvalue weighted by molar-refractivity contribution is 5.65. The number of hydroxylamine groups is 1. The van der Waals surface area contributed by atoms with E-state index in [0.717, 1.165) is 10.2 Å². The van der Waals surface area contributed by atoms with Gasteiger partial charge < -0.3 is 4.74 Å². The summed E-state index contributed by atoms with van der Waals surface area (Å²) < 4.78 is 6.69. The van der Waals surface area contributed by atoms with Crippen LogP contribution in [0.1, 0.15) is 11.1 Å². The predicted octanol–water partition coefficient (Wildman–Crippen LogP) is 0.0620. The van der Waals surface area contributed by atoms with E-state index >= 15 is 0 Å². The van der Waals surface area contributed by atoms with Crippen LogP contribution in [-0.4, -0.2) is 33.0 Å². The summed E-state index contributed by atoms with van der Waals surface area (Å²) in [6.07, 6.45) is -0.707. The van der Waals surface area contributed by atoms with Crippen molar-refractivity contribution < 1.29 is 14.4 Å². The van der Waals surface area contributed by atoms with E-state index in [1.807, 2.05) is 13.0 Å². The molecular weight excluding hydrogens is 278 g/mol. The summed E-state index contributed by atoms with van der Waals surface area (Å²) in [5.74, 6) is 0. The van der Waals surface area contributed by atoms with E-state index in [-0.39, 0.29) is 12.3 Å². The maximum Gasteiger partial charge on any atom is 0.431 e. The zero-order valence-electron chi connectivity index (χ0n) is 11.9. The summed E-state index contributed by atoms with van der Waals surface area (Å²) in [4.78, 5) is 28.0. The quantitative estimate of drug-likeness (QED) is 0.800. The van der Waals surface area contributed by atoms with Crippen LogP contribution < -0.4 is 11.2 Å². The van der Waals surface area contributed by atoms with Crippen LogP contribution in [0.2, 0.25) is 0 Å². The lowest BCUT2D eigenvalue weighted by molar-refractivity contribution is 0.0248. The Morgan fingerprint density at radius 2 is 2.14 bits per heavy atom. The largest absolute Gasteiger partial charge is 0.451 e. The van der Waals surface area contributed by atoms with Gasteiger partial charge in [-0.25, -0.2) is 9.59 Å². The molecule has 2 aromatic rings. The molecule has 0 saturated carbocycles. The molecule has 0 bridgehead atoms. The van der Waals surface area contributed by atoms with Crippen LogP contribution in [0, 0.1) is 6.92 Å². The number of rotatable bonds is 4. The maximum atomic E-state index is 11.9. The van der Waals surface area contributed by atoms with Gasteiger partial charge in [-0.15, -0.1) is 0 Å². The van der Waals surface area contributed by atoms with Crippen molar-refractivity contribution in [2.45, 2.75) is 13.5 Å². The van der Waals surface area contributed by atoms with E-state index in [1.165, 1.54) is 18.8 Å². The predicted molar refractivity (Wildman–Crippen MR) is 71.7 cm³/mol. The average molecular weight is 293 g/mol. The first-order valence-corrected chi connectivity index (χ1v) is 6.08. The van der Waals surface area contributed by atoms with Gasteiger partial charge in [-0.05, 0) is 29.0 Å². The lowest BCUT2D eigenvalue weighted by Gasteiger charge is -2.11. The number of nitrogens with one attached hydrogen (secondary N) is 1. The van der Waals surface area contributed by atoms with Crippen molar-refractivity contribution in [2.75, 3.05) is 7.11 Å². The molecule has 1 aromatic heterocycles. The Kier molecular flexibility index (Phi) is 4.33. The zero-order chi connectivity index (χ0) is 15.4. The molecule has 0 aliphatic carbocycles. The second-order valence-electron chi connectivity index (χ2n) is 4.25. The maximum absolute atomic E-state index is 11.9. The van der Waals surface area contributed by atoms with Gasteiger partial charge in [0.05, 0.1) is 12.8 Å². The van der Waals surface area contributed by atoms with Crippen molar-refractivity contribution >= 4 is 6.09 Å². The summed E-state index contributed by atoms with van der Waals surface area (Å²) >= 11 is 0. The fourth-order valence-electron chi connectivity index (χ4n) is 1.75. The second kappa shape index (κ2) is 6.18. The molecule has 9 nitrogen and oxygen atoms in total. The normalized spacial score (nSPS) is 10.4. The zero-order valence-corrected chi connectivity index (χ0v) is 11.9. The van der Waals surface area contributed by atoms with Crippen LogP contribution in [0.5, 0.6) is 0 Å². The first-order valence-electron chi connectivity index (χ1n) is 6.08. The molecule has 0 unspecified atom stereocenters. The first kappa shape index (κ1) is 14.7. The number of carbonyl (C=O) groups is 1. The number of benzene rings is 1. The van der Waals surface area contributed by atoms with Gasteiger partial charge in [0.2, 0.25) is 0 Å². The van der Waals surface area contributed by atoms with Gasteiger partial charge in [0, 0.05) is 12.6 Å². The SMILES string of the molecule is COC(=O)NOCc1c(C)cccc1-n1nnn(C)c1=O. The van der Waals surface area contributed by atoms with Crippen molar-refractivity contribution in [1.29, 1.82) is 0 Å². The van der Waals surface area contributed by atoms with Crippen molar-refractivity contribution in [3.63, 3.8) is 0 Å². The van der Waals surface area contributed by atoms with E-state index in [0.29, 0.717) is 11.3 Å². The van der Waals surface area contributed by atoms with E-state index < -0.39 is 6.09 Å². The number of aromatic nitrogens is 4. The topological polar surface area (TPSA) is 100 Å². The van der Waals surface area contributed by atoms with Crippen molar-refractivity contribution in [3.8, 4) is 5.69 Å². The minimum atomic E-state index is -0.707. The lowest BCUT2D eigenvalue weighted by atomic mass is 10.1. The molecular formula is C12H15N5O4. The van der Waals surface area contributed by atoms with Crippen LogP contribution >= 0.6 is 0 Å². The number of methoxy groups -OCH3 is 1. The summed E-state index contributed by atoms with van der Waals surface area (Å²) in [6.45, 7) is 1.92. The van der Waals surface area contributed by atoms with E-state index in [4.69, 9.17) is 4.84 Å². The molecule has 9 heteroatoms. The van der Waals surface area contributed by atoms with Gasteiger partial charge in [0.1, 0.15) is 6.61 Å². The standard InChI is InChI=1S/C12H15N5O4/c1-8-5-4-6-10(17-12(19)16(2)14-15-17)9(8)7-21-13-11(18)20-3/h4-6H,7H2,1-3H3,(H,13,18). The molecule has 1 amide bonds. The van der Waals surface area contributed by atoms with Gasteiger partial charge in [-0.1, -0.05) is 12.1 Å². The number of carbonyl (C=O) groups excluding carboxylic acids is 1. The number of hydrogen-bond donors (Lipinski definition) is 1. The summed E-state index contributed by atoms with van der Waals surface area (Å²) in [5.41, 5.74) is 3.88. The molecule has 1 aromatic carbocycles. The molecule has 0 aliphatic heterocycles. The molecule has 0 spiro atoms. The number of nitrogens with zero attached hydrogens (tertiary/aromatic N) is 4. The highest BCUT2D eigenvalue weighted by Crippen LogP contribution is 2.17. The Morgan fingerprint density at radius 1 is 1.38 bits per heavy atom. The number of tetrazole rings is 1. The van der Waals surface area contributed by atoms with Crippen molar-refractivity contribution in [3.05, 3.63) is 39.8 Å². The van der Waals surface area contributed by atoms with Gasteiger partial charge in [0.25, 0.3) is 0 Å². The van der Waals surface area contributed by atoms with Crippen LogP contribution in [0.15, 0.2) is 23.0 Å². The molecule has 0 saturated heterocycles. The molecule has 0 atom stereocenters. The van der Waals surface area contributed by atoms with E-state index in [2.05, 4.69) is 20.6 Å². The van der Waals surface area contributed by atoms with E-state index in [9.17, 15) is 9.59 Å². The third-order valence-corrected chi connectivity index (χ3v) is 2.89. The highest BCUT2D eigenvalue weighted by Gasteiger charge is 2.13. The van der Waals surface area contributed by atoms with Crippen LogP contribution in [0.4, 0.5) is 4.79 Å². The molecule has 0 radical (unpaired) electrons. The van der Waals surface area contributed by atoms with Gasteiger partial charge >= 0.3 is 11.8 Å². The Morgan fingerprint density at radius 3 is 2.76 bits per heavy atom. The third-order valence-electron chi connectivity index (χ3n) is 2.89. The highest BCUT2D eigenvalue weighted by atomic mass is 16.7. The van der Waals surface area contributed by atoms with Gasteiger partial charge in [0.15, 0.2) is 0 Å². The third kappa shape index (κ3) is 3.08. The van der Waals surface area contributed by atoms with Crippen LogP contribution in [0.25, 0.3) is 5.69 Å². The summed E-state index contributed by atoms with van der Waals surface area (Å²) in [6, 6.07) is 5.38. The lowest BCUT2D eigenvalue weighted by Crippen LogP contribution is -2.25. The van der Waals surface area contributed by atoms with Gasteiger partial charge in [-0.3, -0.25) is 4.84 Å². The minimum Gasteiger partial charge on any atom is -0.451 e. The van der Waals surface area contributed by atoms with Gasteiger partial charge in [-0.2, -0.15) is 14.8 Å². The smallest absolute Gasteiger partial charge is 0.431 e. The molecule has 0 fully saturated rings. The Labute approximate surface area is 120 Å². The second-order valence-corrected chi connectivity index (χ2v) is 4.25. The number of aryl methyl sites for hydroxylation is 2. The minimum absolute atomic E-state index is 0.0557. The van der Waals surface area contributed by atoms with Crippen molar-refractivity contribution in [1.82, 2.24) is 25.3 Å².